The van der Waals surface area contributed by atoms with Gasteiger partial charge in [-0.2, -0.15) is 0 Å². The van der Waals surface area contributed by atoms with Gasteiger partial charge in [0.15, 0.2) is 5.90 Å². The normalized spacial score (nSPS) is 8.50. The molecule has 10 heavy (non-hydrogen) atoms. The molecule has 0 aromatic carbocycles. The van der Waals surface area contributed by atoms with Gasteiger partial charge in [-0.15, -0.1) is 0 Å². The summed E-state index contributed by atoms with van der Waals surface area (Å²) in [7, 11) is 0. The van der Waals surface area contributed by atoms with Crippen molar-refractivity contribution >= 4 is 11.9 Å². The molecule has 2 amide bonds. The van der Waals surface area contributed by atoms with Gasteiger partial charge in [-0.05, 0) is 6.92 Å². The first-order valence-electron chi connectivity index (χ1n) is 2.90. The van der Waals surface area contributed by atoms with Crippen molar-refractivity contribution in [1.29, 1.82) is 5.41 Å². The first kappa shape index (κ1) is 8.74. The number of nitrogens with one attached hydrogen (secondary N) is 2. The fourth-order valence-corrected chi connectivity index (χ4v) is 0.393. The summed E-state index contributed by atoms with van der Waals surface area (Å²) < 4.78 is 4.71. The summed E-state index contributed by atoms with van der Waals surface area (Å²) in [5, 5.41) is 9.21. The van der Waals surface area contributed by atoms with Gasteiger partial charge in [0.05, 0.1) is 13.2 Å². The van der Waals surface area contributed by atoms with Crippen molar-refractivity contribution in [1.82, 2.24) is 5.32 Å². The fraction of sp³-hybridized carbons (Fsp3) is 0.600. The molecule has 58 valence electrons. The van der Waals surface area contributed by atoms with Gasteiger partial charge in [-0.1, -0.05) is 0 Å². The van der Waals surface area contributed by atoms with Crippen molar-refractivity contribution in [2.75, 3.05) is 13.2 Å². The van der Waals surface area contributed by atoms with Crippen LogP contribution in [0.25, 0.3) is 0 Å². The van der Waals surface area contributed by atoms with E-state index in [9.17, 15) is 4.79 Å². The van der Waals surface area contributed by atoms with Crippen LogP contribution in [0.15, 0.2) is 0 Å². The lowest BCUT2D eigenvalue weighted by atomic mass is 10.6. The lowest BCUT2D eigenvalue weighted by molar-refractivity contribution is 0.248. The van der Waals surface area contributed by atoms with Crippen LogP contribution in [0.2, 0.25) is 0 Å². The Kier molecular flexibility index (Phi) is 4.02. The highest BCUT2D eigenvalue weighted by atomic mass is 16.5. The van der Waals surface area contributed by atoms with Gasteiger partial charge in [-0.3, -0.25) is 5.41 Å². The largest absolute Gasteiger partial charge is 0.480 e. The average Bonchev–Trinajstić information content (AvgIpc) is 1.85. The number of primary amides is 1. The summed E-state index contributed by atoms with van der Waals surface area (Å²) in [6.45, 7) is 2.25. The van der Waals surface area contributed by atoms with E-state index in [-0.39, 0.29) is 12.4 Å². The van der Waals surface area contributed by atoms with E-state index in [4.69, 9.17) is 15.9 Å². The number of urea groups is 1. The Hall–Kier alpha value is -1.26. The molecule has 0 saturated heterocycles. The molecule has 0 spiro atoms. The Bertz CT molecular complexity index is 135. The summed E-state index contributed by atoms with van der Waals surface area (Å²) in [5.74, 6) is 0.0151. The van der Waals surface area contributed by atoms with Gasteiger partial charge in [0.2, 0.25) is 0 Å². The van der Waals surface area contributed by atoms with Crippen molar-refractivity contribution < 1.29 is 9.53 Å². The van der Waals surface area contributed by atoms with E-state index in [1.807, 2.05) is 0 Å². The third kappa shape index (κ3) is 4.89. The van der Waals surface area contributed by atoms with E-state index in [0.29, 0.717) is 6.61 Å². The van der Waals surface area contributed by atoms with Crippen molar-refractivity contribution in [3.05, 3.63) is 0 Å². The van der Waals surface area contributed by atoms with Crippen LogP contribution in [0.4, 0.5) is 4.79 Å². The van der Waals surface area contributed by atoms with Crippen LogP contribution in [0, 0.1) is 5.41 Å². The Morgan fingerprint density at radius 1 is 1.80 bits per heavy atom. The van der Waals surface area contributed by atoms with Gasteiger partial charge < -0.3 is 15.8 Å². The van der Waals surface area contributed by atoms with E-state index in [2.05, 4.69) is 5.32 Å². The zero-order valence-electron chi connectivity index (χ0n) is 5.81. The SMILES string of the molecule is CCOC(=N)CNC(N)=O. The maximum atomic E-state index is 10.1. The Labute approximate surface area is 59.0 Å². The second-order valence-electron chi connectivity index (χ2n) is 1.57. The van der Waals surface area contributed by atoms with Crippen molar-refractivity contribution in [3.8, 4) is 0 Å². The third-order valence-corrected chi connectivity index (χ3v) is 0.742. The topological polar surface area (TPSA) is 88.2 Å². The molecule has 0 rings (SSSR count). The van der Waals surface area contributed by atoms with Crippen LogP contribution < -0.4 is 11.1 Å². The molecule has 0 heterocycles. The quantitative estimate of drug-likeness (QED) is 0.375. The van der Waals surface area contributed by atoms with Crippen LogP contribution in [0.1, 0.15) is 6.92 Å². The number of carbonyl (C=O) groups excluding carboxylic acids is 1. The maximum Gasteiger partial charge on any atom is 0.312 e. The fourth-order valence-electron chi connectivity index (χ4n) is 0.393. The van der Waals surface area contributed by atoms with Crippen LogP contribution >= 0.6 is 0 Å². The highest BCUT2D eigenvalue weighted by Crippen LogP contribution is 1.74. The molecule has 0 fully saturated rings. The second-order valence-corrected chi connectivity index (χ2v) is 1.57. The molecular formula is C5H11N3O2. The van der Waals surface area contributed by atoms with Gasteiger partial charge >= 0.3 is 6.03 Å². The summed E-state index contributed by atoms with van der Waals surface area (Å²) in [6, 6.07) is -0.649. The number of carbonyl (C=O) groups is 1. The van der Waals surface area contributed by atoms with Gasteiger partial charge in [-0.25, -0.2) is 4.79 Å². The Balaban J connectivity index is 3.30. The zero-order valence-corrected chi connectivity index (χ0v) is 5.81. The maximum absolute atomic E-state index is 10.1. The van der Waals surface area contributed by atoms with Crippen LogP contribution in [0.5, 0.6) is 0 Å². The lowest BCUT2D eigenvalue weighted by Crippen LogP contribution is -2.34. The van der Waals surface area contributed by atoms with Crippen molar-refractivity contribution in [2.45, 2.75) is 6.92 Å². The smallest absolute Gasteiger partial charge is 0.312 e. The lowest BCUT2D eigenvalue weighted by Gasteiger charge is -2.03. The predicted octanol–water partition coefficient (Wildman–Crippen LogP) is -0.332. The minimum Gasteiger partial charge on any atom is -0.480 e. The number of hydrogen-bond acceptors (Lipinski definition) is 3. The number of amides is 2. The monoisotopic (exact) mass is 145 g/mol. The number of ether oxygens (including phenoxy) is 1. The van der Waals surface area contributed by atoms with E-state index < -0.39 is 6.03 Å². The molecule has 0 aromatic heterocycles. The van der Waals surface area contributed by atoms with E-state index >= 15 is 0 Å². The highest BCUT2D eigenvalue weighted by Gasteiger charge is 1.96. The molecule has 0 unspecified atom stereocenters. The molecule has 0 aliphatic rings. The van der Waals surface area contributed by atoms with Crippen molar-refractivity contribution in [2.24, 2.45) is 5.73 Å². The predicted molar refractivity (Wildman–Crippen MR) is 36.9 cm³/mol. The van der Waals surface area contributed by atoms with Crippen LogP contribution in [0.3, 0.4) is 0 Å². The average molecular weight is 145 g/mol. The minimum absolute atomic E-state index is 0.0151. The Morgan fingerprint density at radius 2 is 2.40 bits per heavy atom. The number of nitrogens with two attached hydrogens (primary N) is 1. The van der Waals surface area contributed by atoms with E-state index in [1.54, 1.807) is 6.92 Å². The minimum atomic E-state index is -0.649. The van der Waals surface area contributed by atoms with Gasteiger partial charge in [0, 0.05) is 0 Å². The van der Waals surface area contributed by atoms with Crippen LogP contribution in [-0.4, -0.2) is 25.1 Å². The van der Waals surface area contributed by atoms with E-state index in [1.165, 1.54) is 0 Å². The summed E-state index contributed by atoms with van der Waals surface area (Å²) >= 11 is 0. The number of rotatable bonds is 3. The van der Waals surface area contributed by atoms with Crippen LogP contribution in [-0.2, 0) is 4.74 Å². The van der Waals surface area contributed by atoms with E-state index in [0.717, 1.165) is 0 Å². The zero-order chi connectivity index (χ0) is 7.98. The molecular weight excluding hydrogens is 134 g/mol. The molecule has 0 saturated carbocycles. The third-order valence-electron chi connectivity index (χ3n) is 0.742. The first-order chi connectivity index (χ1) is 4.66. The molecule has 5 nitrogen and oxygen atoms in total. The van der Waals surface area contributed by atoms with Gasteiger partial charge in [0.25, 0.3) is 0 Å². The molecule has 0 aromatic rings. The summed E-state index contributed by atoms with van der Waals surface area (Å²) in [4.78, 5) is 10.1. The Morgan fingerprint density at radius 3 is 2.80 bits per heavy atom. The molecule has 0 aliphatic carbocycles. The molecule has 0 radical (unpaired) electrons. The summed E-state index contributed by atoms with van der Waals surface area (Å²) in [5.41, 5.74) is 4.73. The first-order valence-corrected chi connectivity index (χ1v) is 2.90. The number of hydrogen-bond donors (Lipinski definition) is 3. The van der Waals surface area contributed by atoms with Gasteiger partial charge in [0.1, 0.15) is 0 Å². The molecule has 0 aliphatic heterocycles. The molecule has 0 atom stereocenters. The van der Waals surface area contributed by atoms with Crippen molar-refractivity contribution in [3.63, 3.8) is 0 Å². The molecule has 0 bridgehead atoms. The standard InChI is InChI=1S/C5H11N3O2/c1-2-10-4(6)3-8-5(7)9/h6H,2-3H2,1H3,(H3,7,8,9). The second kappa shape index (κ2) is 4.60. The highest BCUT2D eigenvalue weighted by molar-refractivity contribution is 5.81. The molecule has 5 heteroatoms. The summed E-state index contributed by atoms with van der Waals surface area (Å²) in [6.07, 6.45) is 0. The molecule has 4 N–H and O–H groups in total.